The highest BCUT2D eigenvalue weighted by Gasteiger charge is 2.13. The van der Waals surface area contributed by atoms with E-state index >= 15 is 0 Å². The lowest BCUT2D eigenvalue weighted by atomic mass is 9.98. The molecule has 0 bridgehead atoms. The van der Waals surface area contributed by atoms with Gasteiger partial charge in [-0.25, -0.2) is 4.79 Å². The zero-order chi connectivity index (χ0) is 20.0. The molecule has 2 rings (SSSR count). The molecule has 0 spiro atoms. The number of hydrogen-bond donors (Lipinski definition) is 3. The highest BCUT2D eigenvalue weighted by atomic mass is 16.4. The quantitative estimate of drug-likeness (QED) is 0.525. The number of anilines is 2. The molecule has 1 amide bonds. The largest absolute Gasteiger partial charge is 0.478 e. The summed E-state index contributed by atoms with van der Waals surface area (Å²) in [6.45, 7) is 6.08. The number of nitriles is 1. The highest BCUT2D eigenvalue weighted by molar-refractivity contribution is 6.07. The molecule has 0 aromatic heterocycles. The minimum Gasteiger partial charge on any atom is -0.478 e. The highest BCUT2D eigenvalue weighted by Crippen LogP contribution is 2.27. The predicted octanol–water partition coefficient (Wildman–Crippen LogP) is 4.27. The third kappa shape index (κ3) is 4.95. The Bertz CT molecular complexity index is 940. The number of hydrogen-bond acceptors (Lipinski definition) is 4. The summed E-state index contributed by atoms with van der Waals surface area (Å²) in [5.74, 6) is -1.43. The predicted molar refractivity (Wildman–Crippen MR) is 105 cm³/mol. The monoisotopic (exact) mass is 363 g/mol. The molecular formula is C21H21N3O3. The van der Waals surface area contributed by atoms with Crippen LogP contribution in [0.4, 0.5) is 11.4 Å². The molecule has 27 heavy (non-hydrogen) atoms. The second kappa shape index (κ2) is 8.68. The number of nitrogens with zero attached hydrogens (tertiary/aromatic N) is 1. The van der Waals surface area contributed by atoms with E-state index in [-0.39, 0.29) is 17.1 Å². The first-order valence-electron chi connectivity index (χ1n) is 8.44. The molecular weight excluding hydrogens is 342 g/mol. The minimum atomic E-state index is -1.09. The van der Waals surface area contributed by atoms with Crippen LogP contribution in [0.1, 0.15) is 41.3 Å². The maximum atomic E-state index is 12.4. The van der Waals surface area contributed by atoms with Gasteiger partial charge in [-0.2, -0.15) is 5.26 Å². The maximum Gasteiger partial charge on any atom is 0.335 e. The Morgan fingerprint density at radius 3 is 2.52 bits per heavy atom. The number of nitrogens with one attached hydrogen (secondary N) is 2. The fraction of sp³-hybridized carbons (Fsp3) is 0.190. The summed E-state index contributed by atoms with van der Waals surface area (Å²) in [4.78, 5) is 23.4. The second-order valence-corrected chi connectivity index (χ2v) is 6.35. The summed E-state index contributed by atoms with van der Waals surface area (Å²) in [5.41, 5.74) is 3.19. The van der Waals surface area contributed by atoms with Crippen LogP contribution in [0.2, 0.25) is 0 Å². The van der Waals surface area contributed by atoms with Crippen molar-refractivity contribution in [2.75, 3.05) is 10.6 Å². The van der Waals surface area contributed by atoms with Crippen molar-refractivity contribution < 1.29 is 14.7 Å². The number of para-hydroxylation sites is 1. The van der Waals surface area contributed by atoms with E-state index in [1.165, 1.54) is 24.4 Å². The van der Waals surface area contributed by atoms with Crippen molar-refractivity contribution in [2.45, 2.75) is 26.7 Å². The Labute approximate surface area is 158 Å². The molecule has 2 aromatic rings. The van der Waals surface area contributed by atoms with E-state index in [2.05, 4.69) is 24.5 Å². The standard InChI is InChI=1S/C21H21N3O3/c1-13(2)18-9-4-6-14(3)19(18)23-12-16(11-22)20(25)24-17-8-5-7-15(10-17)21(26)27/h4-10,12-13,23H,1-3H3,(H,24,25)(H,26,27)/b16-12-. The number of carbonyl (C=O) groups is 2. The van der Waals surface area contributed by atoms with Gasteiger partial charge in [0.15, 0.2) is 0 Å². The van der Waals surface area contributed by atoms with Gasteiger partial charge in [0.1, 0.15) is 11.6 Å². The van der Waals surface area contributed by atoms with Crippen molar-refractivity contribution in [1.29, 1.82) is 5.26 Å². The van der Waals surface area contributed by atoms with Crippen LogP contribution < -0.4 is 10.6 Å². The topological polar surface area (TPSA) is 102 Å². The van der Waals surface area contributed by atoms with Crippen molar-refractivity contribution in [2.24, 2.45) is 0 Å². The van der Waals surface area contributed by atoms with E-state index < -0.39 is 11.9 Å². The number of carboxylic acids is 1. The van der Waals surface area contributed by atoms with Crippen LogP contribution in [-0.4, -0.2) is 17.0 Å². The van der Waals surface area contributed by atoms with Crippen LogP contribution in [0, 0.1) is 18.3 Å². The summed E-state index contributed by atoms with van der Waals surface area (Å²) in [7, 11) is 0. The van der Waals surface area contributed by atoms with Crippen molar-refractivity contribution in [3.05, 3.63) is 70.9 Å². The maximum absolute atomic E-state index is 12.4. The van der Waals surface area contributed by atoms with Gasteiger partial charge in [-0.05, 0) is 42.2 Å². The molecule has 0 atom stereocenters. The Balaban J connectivity index is 2.22. The van der Waals surface area contributed by atoms with Gasteiger partial charge in [-0.3, -0.25) is 4.79 Å². The molecule has 0 saturated carbocycles. The number of aromatic carboxylic acids is 1. The van der Waals surface area contributed by atoms with Gasteiger partial charge in [0.05, 0.1) is 5.56 Å². The first-order valence-corrected chi connectivity index (χ1v) is 8.44. The van der Waals surface area contributed by atoms with E-state index in [1.54, 1.807) is 6.07 Å². The molecule has 0 fully saturated rings. The third-order valence-electron chi connectivity index (χ3n) is 4.02. The number of carbonyl (C=O) groups excluding carboxylic acids is 1. The lowest BCUT2D eigenvalue weighted by Crippen LogP contribution is -2.15. The van der Waals surface area contributed by atoms with Crippen LogP contribution in [-0.2, 0) is 4.79 Å². The summed E-state index contributed by atoms with van der Waals surface area (Å²) in [6.07, 6.45) is 1.37. The SMILES string of the molecule is Cc1cccc(C(C)C)c1N/C=C(/C#N)C(=O)Nc1cccc(C(=O)O)c1. The average molecular weight is 363 g/mol. The average Bonchev–Trinajstić information content (AvgIpc) is 2.63. The number of benzene rings is 2. The number of carboxylic acid groups (broad SMARTS) is 1. The molecule has 0 heterocycles. The summed E-state index contributed by atoms with van der Waals surface area (Å²) < 4.78 is 0. The Kier molecular flexibility index (Phi) is 6.34. The van der Waals surface area contributed by atoms with Crippen LogP contribution in [0.3, 0.4) is 0 Å². The first kappa shape index (κ1) is 19.7. The van der Waals surface area contributed by atoms with E-state index in [0.717, 1.165) is 16.8 Å². The first-order chi connectivity index (χ1) is 12.8. The molecule has 0 unspecified atom stereocenters. The second-order valence-electron chi connectivity index (χ2n) is 6.35. The van der Waals surface area contributed by atoms with E-state index in [9.17, 15) is 14.9 Å². The van der Waals surface area contributed by atoms with E-state index in [4.69, 9.17) is 5.11 Å². The number of rotatable bonds is 6. The minimum absolute atomic E-state index is 0.0508. The van der Waals surface area contributed by atoms with Crippen molar-refractivity contribution >= 4 is 23.3 Å². The molecule has 2 aromatic carbocycles. The third-order valence-corrected chi connectivity index (χ3v) is 4.02. The lowest BCUT2D eigenvalue weighted by molar-refractivity contribution is -0.112. The van der Waals surface area contributed by atoms with Crippen LogP contribution in [0.5, 0.6) is 0 Å². The van der Waals surface area contributed by atoms with E-state index in [1.807, 2.05) is 31.2 Å². The van der Waals surface area contributed by atoms with Crippen molar-refractivity contribution in [1.82, 2.24) is 0 Å². The molecule has 3 N–H and O–H groups in total. The van der Waals surface area contributed by atoms with Crippen LogP contribution >= 0.6 is 0 Å². The molecule has 0 radical (unpaired) electrons. The molecule has 138 valence electrons. The van der Waals surface area contributed by atoms with E-state index in [0.29, 0.717) is 5.69 Å². The fourth-order valence-electron chi connectivity index (χ4n) is 2.59. The molecule has 0 saturated heterocycles. The smallest absolute Gasteiger partial charge is 0.335 e. The normalized spacial score (nSPS) is 11.0. The van der Waals surface area contributed by atoms with Crippen LogP contribution in [0.25, 0.3) is 0 Å². The summed E-state index contributed by atoms with van der Waals surface area (Å²) in [5, 5.41) is 24.0. The zero-order valence-corrected chi connectivity index (χ0v) is 15.4. The number of aryl methyl sites for hydroxylation is 1. The van der Waals surface area contributed by atoms with Gasteiger partial charge < -0.3 is 15.7 Å². The Hall–Kier alpha value is -3.59. The zero-order valence-electron chi connectivity index (χ0n) is 15.4. The van der Waals surface area contributed by atoms with Crippen LogP contribution in [0.15, 0.2) is 54.2 Å². The summed E-state index contributed by atoms with van der Waals surface area (Å²) in [6, 6.07) is 13.6. The molecule has 0 aliphatic carbocycles. The summed E-state index contributed by atoms with van der Waals surface area (Å²) >= 11 is 0. The molecule has 6 heteroatoms. The Morgan fingerprint density at radius 2 is 1.89 bits per heavy atom. The van der Waals surface area contributed by atoms with Crippen molar-refractivity contribution in [3.63, 3.8) is 0 Å². The molecule has 0 aliphatic rings. The lowest BCUT2D eigenvalue weighted by Gasteiger charge is -2.15. The molecule has 6 nitrogen and oxygen atoms in total. The van der Waals surface area contributed by atoms with Gasteiger partial charge in [0, 0.05) is 17.6 Å². The van der Waals surface area contributed by atoms with Gasteiger partial charge in [0.25, 0.3) is 5.91 Å². The van der Waals surface area contributed by atoms with Gasteiger partial charge >= 0.3 is 5.97 Å². The van der Waals surface area contributed by atoms with Gasteiger partial charge in [0.2, 0.25) is 0 Å². The number of amides is 1. The van der Waals surface area contributed by atoms with Gasteiger partial charge in [-0.1, -0.05) is 38.1 Å². The van der Waals surface area contributed by atoms with Gasteiger partial charge in [-0.15, -0.1) is 0 Å². The Morgan fingerprint density at radius 1 is 1.19 bits per heavy atom. The van der Waals surface area contributed by atoms with Crippen molar-refractivity contribution in [3.8, 4) is 6.07 Å². The fourth-order valence-corrected chi connectivity index (χ4v) is 2.59. The molecule has 0 aliphatic heterocycles.